The Balaban J connectivity index is 1.61. The van der Waals surface area contributed by atoms with Gasteiger partial charge in [0.15, 0.2) is 5.58 Å². The molecule has 1 aliphatic carbocycles. The minimum absolute atomic E-state index is 0.0851. The molecule has 1 aliphatic rings. The lowest BCUT2D eigenvalue weighted by Crippen LogP contribution is -2.17. The third-order valence-corrected chi connectivity index (χ3v) is 6.43. The normalized spacial score (nSPS) is 13.3. The number of hydrogen-bond donors (Lipinski definition) is 1. The van der Waals surface area contributed by atoms with Crippen LogP contribution in [0.4, 0.5) is 5.00 Å². The Morgan fingerprint density at radius 2 is 2.03 bits per heavy atom. The first-order valence-corrected chi connectivity index (χ1v) is 10.8. The largest absolute Gasteiger partial charge is 0.462 e. The van der Waals surface area contributed by atoms with E-state index in [0.29, 0.717) is 28.4 Å². The number of carbonyl (C=O) groups is 2. The van der Waals surface area contributed by atoms with Crippen molar-refractivity contribution in [3.05, 3.63) is 45.0 Å². The number of ether oxygens (including phenoxy) is 1. The van der Waals surface area contributed by atoms with Crippen LogP contribution in [0.3, 0.4) is 0 Å². The fourth-order valence-electron chi connectivity index (χ4n) is 4.04. The van der Waals surface area contributed by atoms with Crippen molar-refractivity contribution in [2.75, 3.05) is 11.9 Å². The summed E-state index contributed by atoms with van der Waals surface area (Å²) < 4.78 is 10.7. The number of nitrogens with one attached hydrogen (secondary N) is 1. The zero-order valence-corrected chi connectivity index (χ0v) is 17.7. The van der Waals surface area contributed by atoms with Gasteiger partial charge in [-0.05, 0) is 69.2 Å². The van der Waals surface area contributed by atoms with E-state index in [0.717, 1.165) is 47.8 Å². The molecule has 0 fully saturated rings. The molecular weight excluding hydrogens is 388 g/mol. The van der Waals surface area contributed by atoms with Crippen molar-refractivity contribution in [2.45, 2.75) is 52.9 Å². The average Bonchev–Trinajstić information content (AvgIpc) is 3.22. The van der Waals surface area contributed by atoms with Crippen LogP contribution in [0.5, 0.6) is 0 Å². The Morgan fingerprint density at radius 1 is 1.24 bits per heavy atom. The van der Waals surface area contributed by atoms with E-state index in [1.54, 1.807) is 6.92 Å². The van der Waals surface area contributed by atoms with Gasteiger partial charge in [-0.1, -0.05) is 11.2 Å². The van der Waals surface area contributed by atoms with Crippen molar-refractivity contribution in [2.24, 2.45) is 0 Å². The van der Waals surface area contributed by atoms with Crippen molar-refractivity contribution < 1.29 is 18.8 Å². The molecule has 2 aromatic heterocycles. The van der Waals surface area contributed by atoms with Gasteiger partial charge in [-0.3, -0.25) is 4.79 Å². The van der Waals surface area contributed by atoms with Crippen molar-refractivity contribution >= 4 is 39.2 Å². The van der Waals surface area contributed by atoms with E-state index < -0.39 is 0 Å². The van der Waals surface area contributed by atoms with Gasteiger partial charge < -0.3 is 14.6 Å². The Hall–Kier alpha value is -2.67. The summed E-state index contributed by atoms with van der Waals surface area (Å²) in [6.07, 6.45) is 4.03. The number of esters is 1. The first-order chi connectivity index (χ1) is 14.0. The zero-order chi connectivity index (χ0) is 20.5. The molecule has 6 nitrogen and oxygen atoms in total. The smallest absolute Gasteiger partial charge is 0.341 e. The van der Waals surface area contributed by atoms with Crippen molar-refractivity contribution in [3.8, 4) is 0 Å². The minimum atomic E-state index is -0.361. The van der Waals surface area contributed by atoms with E-state index in [2.05, 4.69) is 10.5 Å². The molecule has 1 amide bonds. The van der Waals surface area contributed by atoms with Gasteiger partial charge in [0.05, 0.1) is 18.6 Å². The highest BCUT2D eigenvalue weighted by Gasteiger charge is 2.27. The molecule has 0 saturated carbocycles. The van der Waals surface area contributed by atoms with Crippen LogP contribution in [-0.4, -0.2) is 23.6 Å². The van der Waals surface area contributed by atoms with Crippen LogP contribution in [0.1, 0.15) is 57.4 Å². The molecule has 0 bridgehead atoms. The van der Waals surface area contributed by atoms with E-state index in [1.807, 2.05) is 26.0 Å². The monoisotopic (exact) mass is 412 g/mol. The maximum absolute atomic E-state index is 12.8. The van der Waals surface area contributed by atoms with Crippen LogP contribution >= 0.6 is 11.3 Å². The van der Waals surface area contributed by atoms with Crippen molar-refractivity contribution in [1.82, 2.24) is 5.16 Å². The summed E-state index contributed by atoms with van der Waals surface area (Å²) in [5.74, 6) is -0.579. The van der Waals surface area contributed by atoms with Gasteiger partial charge in [0.2, 0.25) is 5.91 Å². The lowest BCUT2D eigenvalue weighted by atomic mass is 9.95. The van der Waals surface area contributed by atoms with E-state index in [1.165, 1.54) is 16.2 Å². The molecule has 1 aromatic carbocycles. The number of rotatable bonds is 5. The molecule has 0 aliphatic heterocycles. The zero-order valence-electron chi connectivity index (χ0n) is 16.9. The summed E-state index contributed by atoms with van der Waals surface area (Å²) in [4.78, 5) is 26.5. The number of benzene rings is 1. The standard InChI is InChI=1S/C22H24N2O4S/c1-4-27-22(26)20-14-7-5-6-8-17(14)29-21(20)23-18(25)11-15-19-13(3)9-12(2)10-16(19)28-24-15/h9-10H,4-8,11H2,1-3H3,(H,23,25). The average molecular weight is 413 g/mol. The molecule has 0 atom stereocenters. The predicted molar refractivity (Wildman–Crippen MR) is 113 cm³/mol. The van der Waals surface area contributed by atoms with E-state index >= 15 is 0 Å². The first kappa shape index (κ1) is 19.6. The van der Waals surface area contributed by atoms with Gasteiger partial charge in [-0.2, -0.15) is 0 Å². The topological polar surface area (TPSA) is 81.4 Å². The van der Waals surface area contributed by atoms with E-state index in [4.69, 9.17) is 9.26 Å². The van der Waals surface area contributed by atoms with E-state index in [9.17, 15) is 9.59 Å². The molecule has 7 heteroatoms. The van der Waals surface area contributed by atoms with Gasteiger partial charge in [0.25, 0.3) is 0 Å². The maximum Gasteiger partial charge on any atom is 0.341 e. The number of aromatic nitrogens is 1. The summed E-state index contributed by atoms with van der Waals surface area (Å²) in [7, 11) is 0. The summed E-state index contributed by atoms with van der Waals surface area (Å²) in [5.41, 5.74) is 4.97. The fourth-order valence-corrected chi connectivity index (χ4v) is 5.33. The summed E-state index contributed by atoms with van der Waals surface area (Å²) >= 11 is 1.49. The highest BCUT2D eigenvalue weighted by atomic mass is 32.1. The van der Waals surface area contributed by atoms with Gasteiger partial charge in [-0.25, -0.2) is 4.79 Å². The predicted octanol–water partition coefficient (Wildman–Crippen LogP) is 4.74. The van der Waals surface area contributed by atoms with Crippen LogP contribution in [0.15, 0.2) is 16.7 Å². The number of fused-ring (bicyclic) bond motifs is 2. The SMILES string of the molecule is CCOC(=O)c1c(NC(=O)Cc2noc3cc(C)cc(C)c23)sc2c1CCCC2. The third-order valence-electron chi connectivity index (χ3n) is 5.22. The lowest BCUT2D eigenvalue weighted by Gasteiger charge is -2.12. The number of thiophene rings is 1. The van der Waals surface area contributed by atoms with Crippen molar-refractivity contribution in [1.29, 1.82) is 0 Å². The Kier molecular flexibility index (Phi) is 5.41. The molecule has 0 saturated heterocycles. The molecule has 0 unspecified atom stereocenters. The molecular formula is C22H24N2O4S. The maximum atomic E-state index is 12.8. The summed E-state index contributed by atoms with van der Waals surface area (Å²) in [6.45, 7) is 6.08. The molecule has 29 heavy (non-hydrogen) atoms. The number of nitrogens with zero attached hydrogens (tertiary/aromatic N) is 1. The van der Waals surface area contributed by atoms with E-state index in [-0.39, 0.29) is 18.3 Å². The molecule has 1 N–H and O–H groups in total. The van der Waals surface area contributed by atoms with Gasteiger partial charge in [0.1, 0.15) is 10.7 Å². The molecule has 4 rings (SSSR count). The van der Waals surface area contributed by atoms with Crippen LogP contribution in [0.25, 0.3) is 11.0 Å². The van der Waals surface area contributed by atoms with Crippen LogP contribution in [-0.2, 0) is 28.8 Å². The summed E-state index contributed by atoms with van der Waals surface area (Å²) in [6, 6.07) is 3.97. The lowest BCUT2D eigenvalue weighted by molar-refractivity contribution is -0.115. The third kappa shape index (κ3) is 3.79. The van der Waals surface area contributed by atoms with Gasteiger partial charge in [-0.15, -0.1) is 11.3 Å². The number of amides is 1. The number of aryl methyl sites for hydroxylation is 3. The Morgan fingerprint density at radius 3 is 2.83 bits per heavy atom. The Labute approximate surface area is 173 Å². The molecule has 3 aromatic rings. The first-order valence-electron chi connectivity index (χ1n) is 9.95. The van der Waals surface area contributed by atoms with Crippen LogP contribution in [0, 0.1) is 13.8 Å². The number of hydrogen-bond acceptors (Lipinski definition) is 6. The number of anilines is 1. The highest BCUT2D eigenvalue weighted by Crippen LogP contribution is 2.38. The second-order valence-electron chi connectivity index (χ2n) is 7.44. The van der Waals surface area contributed by atoms with Gasteiger partial charge in [0, 0.05) is 10.3 Å². The van der Waals surface area contributed by atoms with Gasteiger partial charge >= 0.3 is 5.97 Å². The number of carbonyl (C=O) groups excluding carboxylic acids is 2. The van der Waals surface area contributed by atoms with Crippen LogP contribution in [0.2, 0.25) is 0 Å². The van der Waals surface area contributed by atoms with Crippen LogP contribution < -0.4 is 5.32 Å². The second kappa shape index (κ2) is 7.99. The Bertz CT molecular complexity index is 1100. The molecule has 0 spiro atoms. The highest BCUT2D eigenvalue weighted by molar-refractivity contribution is 7.17. The molecule has 152 valence electrons. The van der Waals surface area contributed by atoms with Crippen molar-refractivity contribution in [3.63, 3.8) is 0 Å². The minimum Gasteiger partial charge on any atom is -0.462 e. The molecule has 0 radical (unpaired) electrons. The summed E-state index contributed by atoms with van der Waals surface area (Å²) in [5, 5.41) is 8.51. The molecule has 2 heterocycles. The fraction of sp³-hybridized carbons (Fsp3) is 0.409. The quantitative estimate of drug-likeness (QED) is 0.612. The second-order valence-corrected chi connectivity index (χ2v) is 8.55.